The molecule has 0 fully saturated rings. The number of rotatable bonds is 3. The summed E-state index contributed by atoms with van der Waals surface area (Å²) in [5.41, 5.74) is 3.25. The minimum absolute atomic E-state index is 0.535. The van der Waals surface area contributed by atoms with E-state index in [1.165, 1.54) is 10.3 Å². The predicted octanol–water partition coefficient (Wildman–Crippen LogP) is 4.55. The van der Waals surface area contributed by atoms with E-state index in [4.69, 9.17) is 0 Å². The maximum Gasteiger partial charge on any atom is 0.106 e. The van der Waals surface area contributed by atoms with Crippen LogP contribution >= 0.6 is 11.3 Å². The maximum atomic E-state index is 10.7. The van der Waals surface area contributed by atoms with Gasteiger partial charge in [0, 0.05) is 10.3 Å². The van der Waals surface area contributed by atoms with Crippen molar-refractivity contribution >= 4 is 21.4 Å². The molecule has 0 aliphatic rings. The lowest BCUT2D eigenvalue weighted by atomic mass is 9.95. The molecular formula is C17H16OS. The van der Waals surface area contributed by atoms with Crippen molar-refractivity contribution in [1.29, 1.82) is 0 Å². The summed E-state index contributed by atoms with van der Waals surface area (Å²) < 4.78 is 1.23. The molecule has 1 heterocycles. The third kappa shape index (κ3) is 2.18. The second-order valence-corrected chi connectivity index (χ2v) is 5.55. The second-order valence-electron chi connectivity index (χ2n) is 4.64. The molecule has 0 saturated heterocycles. The van der Waals surface area contributed by atoms with Crippen molar-refractivity contribution < 1.29 is 5.11 Å². The van der Waals surface area contributed by atoms with Gasteiger partial charge in [0.2, 0.25) is 0 Å². The van der Waals surface area contributed by atoms with Crippen LogP contribution in [0.2, 0.25) is 0 Å². The van der Waals surface area contributed by atoms with Crippen LogP contribution in [0.25, 0.3) is 10.1 Å². The topological polar surface area (TPSA) is 20.2 Å². The van der Waals surface area contributed by atoms with Gasteiger partial charge in [-0.2, -0.15) is 0 Å². The summed E-state index contributed by atoms with van der Waals surface area (Å²) in [6.45, 7) is 2.12. The van der Waals surface area contributed by atoms with Crippen molar-refractivity contribution in [2.75, 3.05) is 0 Å². The quantitative estimate of drug-likeness (QED) is 0.739. The number of aryl methyl sites for hydroxylation is 1. The number of hydrogen-bond acceptors (Lipinski definition) is 2. The van der Waals surface area contributed by atoms with Crippen LogP contribution < -0.4 is 0 Å². The molecule has 96 valence electrons. The highest BCUT2D eigenvalue weighted by Crippen LogP contribution is 2.34. The molecule has 3 aromatic rings. The molecule has 1 N–H and O–H groups in total. The number of fused-ring (bicyclic) bond motifs is 1. The molecule has 0 radical (unpaired) electrons. The largest absolute Gasteiger partial charge is 0.384 e. The molecule has 0 aliphatic carbocycles. The summed E-state index contributed by atoms with van der Waals surface area (Å²) in [5.74, 6) is 0. The van der Waals surface area contributed by atoms with Gasteiger partial charge in [0.1, 0.15) is 6.10 Å². The first kappa shape index (κ1) is 12.4. The lowest BCUT2D eigenvalue weighted by molar-refractivity contribution is 0.221. The standard InChI is InChI=1S/C17H16OS/c1-2-12-7-3-4-8-13(12)17(18)15-11-19-16-10-6-5-9-14(15)16/h3-11,17-18H,2H2,1H3. The van der Waals surface area contributed by atoms with E-state index in [0.29, 0.717) is 0 Å². The molecular weight excluding hydrogens is 252 g/mol. The Balaban J connectivity index is 2.11. The molecule has 0 aliphatic heterocycles. The van der Waals surface area contributed by atoms with Gasteiger partial charge >= 0.3 is 0 Å². The van der Waals surface area contributed by atoms with E-state index in [9.17, 15) is 5.11 Å². The van der Waals surface area contributed by atoms with Gasteiger partial charge in [-0.15, -0.1) is 11.3 Å². The van der Waals surface area contributed by atoms with Crippen LogP contribution in [0.1, 0.15) is 29.7 Å². The fourth-order valence-corrected chi connectivity index (χ4v) is 3.48. The van der Waals surface area contributed by atoms with E-state index in [2.05, 4.69) is 30.5 Å². The van der Waals surface area contributed by atoms with Crippen LogP contribution in [-0.2, 0) is 6.42 Å². The Morgan fingerprint density at radius 3 is 2.58 bits per heavy atom. The highest BCUT2D eigenvalue weighted by molar-refractivity contribution is 7.17. The molecule has 0 spiro atoms. The van der Waals surface area contributed by atoms with Gasteiger partial charge in [0.25, 0.3) is 0 Å². The molecule has 1 atom stereocenters. The number of aliphatic hydroxyl groups is 1. The Morgan fingerprint density at radius 1 is 1.00 bits per heavy atom. The Kier molecular flexibility index (Phi) is 3.36. The van der Waals surface area contributed by atoms with Crippen molar-refractivity contribution in [3.8, 4) is 0 Å². The smallest absolute Gasteiger partial charge is 0.106 e. The first-order valence-corrected chi connectivity index (χ1v) is 7.41. The van der Waals surface area contributed by atoms with Gasteiger partial charge in [-0.3, -0.25) is 0 Å². The van der Waals surface area contributed by atoms with Crippen molar-refractivity contribution in [1.82, 2.24) is 0 Å². The molecule has 3 rings (SSSR count). The average Bonchev–Trinajstić information content (AvgIpc) is 2.90. The zero-order valence-corrected chi connectivity index (χ0v) is 11.7. The maximum absolute atomic E-state index is 10.7. The third-order valence-electron chi connectivity index (χ3n) is 3.54. The van der Waals surface area contributed by atoms with Gasteiger partial charge < -0.3 is 5.11 Å². The minimum atomic E-state index is -0.535. The monoisotopic (exact) mass is 268 g/mol. The van der Waals surface area contributed by atoms with E-state index in [1.807, 2.05) is 30.3 Å². The van der Waals surface area contributed by atoms with Crippen LogP contribution in [0, 0.1) is 0 Å². The summed E-state index contributed by atoms with van der Waals surface area (Å²) >= 11 is 1.69. The van der Waals surface area contributed by atoms with E-state index >= 15 is 0 Å². The lowest BCUT2D eigenvalue weighted by Crippen LogP contribution is -2.02. The Labute approximate surface area is 117 Å². The Hall–Kier alpha value is -1.64. The van der Waals surface area contributed by atoms with Gasteiger partial charge in [-0.1, -0.05) is 49.4 Å². The highest BCUT2D eigenvalue weighted by Gasteiger charge is 2.17. The first-order chi connectivity index (χ1) is 9.31. The fraction of sp³-hybridized carbons (Fsp3) is 0.176. The molecule has 0 saturated carbocycles. The number of thiophene rings is 1. The zero-order chi connectivity index (χ0) is 13.2. The highest BCUT2D eigenvalue weighted by atomic mass is 32.1. The van der Waals surface area contributed by atoms with Crippen LogP contribution in [0.3, 0.4) is 0 Å². The molecule has 0 bridgehead atoms. The molecule has 0 amide bonds. The van der Waals surface area contributed by atoms with E-state index in [0.717, 1.165) is 22.9 Å². The van der Waals surface area contributed by atoms with Crippen LogP contribution in [-0.4, -0.2) is 5.11 Å². The number of benzene rings is 2. The first-order valence-electron chi connectivity index (χ1n) is 6.53. The normalized spacial score (nSPS) is 12.7. The molecule has 1 aromatic heterocycles. The van der Waals surface area contributed by atoms with Crippen LogP contribution in [0.15, 0.2) is 53.9 Å². The zero-order valence-electron chi connectivity index (χ0n) is 10.8. The fourth-order valence-electron chi connectivity index (χ4n) is 2.50. The SMILES string of the molecule is CCc1ccccc1C(O)c1csc2ccccc12. The lowest BCUT2D eigenvalue weighted by Gasteiger charge is -2.14. The Bertz CT molecular complexity index is 699. The summed E-state index contributed by atoms with van der Waals surface area (Å²) in [4.78, 5) is 0. The van der Waals surface area contributed by atoms with Crippen LogP contribution in [0.4, 0.5) is 0 Å². The van der Waals surface area contributed by atoms with E-state index in [1.54, 1.807) is 11.3 Å². The number of hydrogen-bond donors (Lipinski definition) is 1. The average molecular weight is 268 g/mol. The molecule has 2 heteroatoms. The second kappa shape index (κ2) is 5.16. The molecule has 19 heavy (non-hydrogen) atoms. The third-order valence-corrected chi connectivity index (χ3v) is 4.52. The molecule has 1 nitrogen and oxygen atoms in total. The Morgan fingerprint density at radius 2 is 1.74 bits per heavy atom. The van der Waals surface area contributed by atoms with Crippen molar-refractivity contribution in [2.45, 2.75) is 19.4 Å². The van der Waals surface area contributed by atoms with E-state index in [-0.39, 0.29) is 0 Å². The van der Waals surface area contributed by atoms with Gasteiger partial charge in [-0.25, -0.2) is 0 Å². The minimum Gasteiger partial charge on any atom is -0.384 e. The van der Waals surface area contributed by atoms with Crippen molar-refractivity contribution in [3.63, 3.8) is 0 Å². The van der Waals surface area contributed by atoms with Crippen molar-refractivity contribution in [2.24, 2.45) is 0 Å². The predicted molar refractivity (Wildman–Crippen MR) is 81.7 cm³/mol. The summed E-state index contributed by atoms with van der Waals surface area (Å²) in [7, 11) is 0. The van der Waals surface area contributed by atoms with Gasteiger partial charge in [0.15, 0.2) is 0 Å². The van der Waals surface area contributed by atoms with Gasteiger partial charge in [-0.05, 0) is 34.4 Å². The number of aliphatic hydroxyl groups excluding tert-OH is 1. The molecule has 1 unspecified atom stereocenters. The van der Waals surface area contributed by atoms with Gasteiger partial charge in [0.05, 0.1) is 0 Å². The van der Waals surface area contributed by atoms with Crippen molar-refractivity contribution in [3.05, 3.63) is 70.6 Å². The van der Waals surface area contributed by atoms with Crippen LogP contribution in [0.5, 0.6) is 0 Å². The summed E-state index contributed by atoms with van der Waals surface area (Å²) in [5, 5.41) is 13.9. The van der Waals surface area contributed by atoms with E-state index < -0.39 is 6.10 Å². The summed E-state index contributed by atoms with van der Waals surface area (Å²) in [6.07, 6.45) is 0.405. The molecule has 2 aromatic carbocycles. The summed E-state index contributed by atoms with van der Waals surface area (Å²) in [6, 6.07) is 16.4.